The zero-order valence-corrected chi connectivity index (χ0v) is 33.3. The quantitative estimate of drug-likeness (QED) is 0.163. The second kappa shape index (κ2) is 13.7. The molecule has 1 spiro atoms. The first kappa shape index (κ1) is 35.3. The number of fused-ring (bicyclic) bond motifs is 12. The van der Waals surface area contributed by atoms with Gasteiger partial charge >= 0.3 is 0 Å². The second-order valence-electron chi connectivity index (χ2n) is 15.7. The molecule has 0 N–H and O–H groups in total. The number of nitrogens with zero attached hydrogens (tertiary/aromatic N) is 6. The summed E-state index contributed by atoms with van der Waals surface area (Å²) >= 11 is 0. The molecule has 62 heavy (non-hydrogen) atoms. The van der Waals surface area contributed by atoms with E-state index in [1.165, 1.54) is 33.4 Å². The number of benzene rings is 8. The molecule has 6 nitrogen and oxygen atoms in total. The highest BCUT2D eigenvalue weighted by Gasteiger charge is 2.51. The van der Waals surface area contributed by atoms with Gasteiger partial charge in [0.2, 0.25) is 0 Å². The smallest absolute Gasteiger partial charge is 0.187 e. The number of para-hydroxylation sites is 4. The van der Waals surface area contributed by atoms with E-state index in [9.17, 15) is 5.26 Å². The molecule has 1 aliphatic heterocycles. The Bertz CT molecular complexity index is 3310. The lowest BCUT2D eigenvalue weighted by Gasteiger charge is -2.44. The molecule has 8 aromatic carbocycles. The molecule has 288 valence electrons. The molecule has 0 saturated heterocycles. The summed E-state index contributed by atoms with van der Waals surface area (Å²) in [7, 11) is 0. The monoisotopic (exact) mass is 790 g/mol. The summed E-state index contributed by atoms with van der Waals surface area (Å²) in [6, 6.07) is 74.2. The molecular weight excluding hydrogens is 757 g/mol. The van der Waals surface area contributed by atoms with Crippen molar-refractivity contribution >= 4 is 61.7 Å². The fourth-order valence-corrected chi connectivity index (χ4v) is 10.1. The molecule has 6 heteroatoms. The SMILES string of the molecule is [C-]#[N+]c1ccc(N(c2ccc(C#N)cc2)c2cc(N3c4ccccc4C4(c5ccccc5-c5ccccc54)c4ccccc43)nc(-n3c4ccccc4c4ccccc43)c2)cc1. The standard InChI is InChI=1S/C56H34N6/c1-58-38-28-32-40(33-29-38)60(39-30-26-37(36-57)27-31-39)41-34-54(61-50-22-10-4-16-44(50)45-17-5-11-23-51(45)61)59-55(35-41)62-52-24-12-8-20-48(52)56(49-21-9-13-25-53(49)62)46-18-6-2-14-42(46)43-15-3-7-19-47(43)56/h2-35H. The summed E-state index contributed by atoms with van der Waals surface area (Å²) in [5, 5.41) is 12.1. The number of anilines is 6. The molecular formula is C56H34N6. The van der Waals surface area contributed by atoms with E-state index in [0.29, 0.717) is 11.3 Å². The highest BCUT2D eigenvalue weighted by molar-refractivity contribution is 6.09. The third-order valence-electron chi connectivity index (χ3n) is 12.6. The number of aromatic nitrogens is 2. The van der Waals surface area contributed by atoms with Gasteiger partial charge in [0.25, 0.3) is 0 Å². The highest BCUT2D eigenvalue weighted by Crippen LogP contribution is 2.63. The van der Waals surface area contributed by atoms with Crippen molar-refractivity contribution in [3.8, 4) is 23.0 Å². The molecule has 0 unspecified atom stereocenters. The molecule has 0 radical (unpaired) electrons. The van der Waals surface area contributed by atoms with Gasteiger partial charge in [-0.2, -0.15) is 5.26 Å². The Balaban J connectivity index is 1.18. The van der Waals surface area contributed by atoms with Crippen LogP contribution in [0.1, 0.15) is 27.8 Å². The summed E-state index contributed by atoms with van der Waals surface area (Å²) in [5.74, 6) is 1.49. The van der Waals surface area contributed by atoms with Crippen LogP contribution in [-0.4, -0.2) is 9.55 Å². The number of nitriles is 1. The third kappa shape index (κ3) is 4.99. The zero-order valence-electron chi connectivity index (χ0n) is 33.3. The molecule has 2 aromatic heterocycles. The predicted molar refractivity (Wildman–Crippen MR) is 250 cm³/mol. The van der Waals surface area contributed by atoms with Crippen molar-refractivity contribution < 1.29 is 0 Å². The fourth-order valence-electron chi connectivity index (χ4n) is 10.1. The molecule has 10 aromatic rings. The summed E-state index contributed by atoms with van der Waals surface area (Å²) in [5.41, 5.74) is 14.7. The maximum atomic E-state index is 9.79. The van der Waals surface area contributed by atoms with Crippen LogP contribution in [-0.2, 0) is 5.41 Å². The van der Waals surface area contributed by atoms with E-state index in [-0.39, 0.29) is 0 Å². The van der Waals surface area contributed by atoms with E-state index in [1.807, 2.05) is 48.5 Å². The number of rotatable bonds is 5. The van der Waals surface area contributed by atoms with Crippen molar-refractivity contribution in [2.24, 2.45) is 0 Å². The van der Waals surface area contributed by atoms with Crippen molar-refractivity contribution in [1.82, 2.24) is 9.55 Å². The van der Waals surface area contributed by atoms with Crippen LogP contribution in [0, 0.1) is 17.9 Å². The summed E-state index contributed by atoms with van der Waals surface area (Å²) in [6.07, 6.45) is 0. The van der Waals surface area contributed by atoms with Gasteiger partial charge in [0.05, 0.1) is 51.7 Å². The lowest BCUT2D eigenvalue weighted by atomic mass is 9.65. The Morgan fingerprint density at radius 2 is 0.968 bits per heavy atom. The lowest BCUT2D eigenvalue weighted by molar-refractivity contribution is 0.751. The molecule has 0 atom stereocenters. The average molecular weight is 791 g/mol. The third-order valence-corrected chi connectivity index (χ3v) is 12.6. The normalized spacial score (nSPS) is 12.9. The van der Waals surface area contributed by atoms with Crippen molar-refractivity contribution in [2.45, 2.75) is 5.41 Å². The minimum Gasteiger partial charge on any atom is -0.310 e. The van der Waals surface area contributed by atoms with Crippen LogP contribution in [0.3, 0.4) is 0 Å². The van der Waals surface area contributed by atoms with Gasteiger partial charge in [-0.15, -0.1) is 0 Å². The first-order chi connectivity index (χ1) is 30.7. The van der Waals surface area contributed by atoms with Gasteiger partial charge in [0.1, 0.15) is 11.6 Å². The van der Waals surface area contributed by atoms with Crippen LogP contribution in [0.25, 0.3) is 43.6 Å². The number of hydrogen-bond donors (Lipinski definition) is 0. The van der Waals surface area contributed by atoms with Gasteiger partial charge in [0, 0.05) is 34.3 Å². The van der Waals surface area contributed by atoms with Crippen LogP contribution < -0.4 is 9.80 Å². The summed E-state index contributed by atoms with van der Waals surface area (Å²) in [4.78, 5) is 13.9. The second-order valence-corrected chi connectivity index (χ2v) is 15.7. The summed E-state index contributed by atoms with van der Waals surface area (Å²) in [6.45, 7) is 7.70. The summed E-state index contributed by atoms with van der Waals surface area (Å²) < 4.78 is 2.27. The average Bonchev–Trinajstić information content (AvgIpc) is 3.83. The van der Waals surface area contributed by atoms with Gasteiger partial charge in [-0.3, -0.25) is 9.47 Å². The van der Waals surface area contributed by atoms with E-state index in [2.05, 4.69) is 183 Å². The maximum absolute atomic E-state index is 9.79. The maximum Gasteiger partial charge on any atom is 0.187 e. The van der Waals surface area contributed by atoms with Gasteiger partial charge in [-0.05, 0) is 94.0 Å². The van der Waals surface area contributed by atoms with Gasteiger partial charge in [-0.25, -0.2) is 9.83 Å². The fraction of sp³-hybridized carbons (Fsp3) is 0.0179. The molecule has 2 aliphatic rings. The van der Waals surface area contributed by atoms with Crippen molar-refractivity contribution in [2.75, 3.05) is 9.80 Å². The van der Waals surface area contributed by atoms with Crippen molar-refractivity contribution in [1.29, 1.82) is 5.26 Å². The number of pyridine rings is 1. The van der Waals surface area contributed by atoms with Crippen LogP contribution in [0.5, 0.6) is 0 Å². The Kier molecular flexibility index (Phi) is 7.78. The Morgan fingerprint density at radius 3 is 1.52 bits per heavy atom. The topological polar surface area (TPSA) is 52.5 Å². The van der Waals surface area contributed by atoms with Crippen LogP contribution >= 0.6 is 0 Å². The van der Waals surface area contributed by atoms with Crippen molar-refractivity contribution in [3.63, 3.8) is 0 Å². The Hall–Kier alpha value is -8.71. The first-order valence-corrected chi connectivity index (χ1v) is 20.6. The molecule has 0 fully saturated rings. The minimum atomic E-state index is -0.566. The Labute approximate surface area is 358 Å². The molecule has 12 rings (SSSR count). The van der Waals surface area contributed by atoms with Gasteiger partial charge in [0.15, 0.2) is 5.69 Å². The van der Waals surface area contributed by atoms with Crippen molar-refractivity contribution in [3.05, 3.63) is 245 Å². The number of hydrogen-bond acceptors (Lipinski definition) is 4. The van der Waals surface area contributed by atoms with Crippen LogP contribution in [0.2, 0.25) is 0 Å². The van der Waals surface area contributed by atoms with E-state index in [4.69, 9.17) is 11.6 Å². The van der Waals surface area contributed by atoms with E-state index >= 15 is 0 Å². The van der Waals surface area contributed by atoms with Crippen LogP contribution in [0.15, 0.2) is 206 Å². The molecule has 3 heterocycles. The highest BCUT2D eigenvalue weighted by atomic mass is 15.2. The van der Waals surface area contributed by atoms with Crippen LogP contribution in [0.4, 0.5) is 39.9 Å². The molecule has 0 saturated carbocycles. The predicted octanol–water partition coefficient (Wildman–Crippen LogP) is 14.2. The molecule has 1 aliphatic carbocycles. The van der Waals surface area contributed by atoms with E-state index in [1.54, 1.807) is 0 Å². The largest absolute Gasteiger partial charge is 0.310 e. The Morgan fingerprint density at radius 1 is 0.500 bits per heavy atom. The van der Waals surface area contributed by atoms with Gasteiger partial charge < -0.3 is 4.90 Å². The first-order valence-electron chi connectivity index (χ1n) is 20.6. The van der Waals surface area contributed by atoms with E-state index < -0.39 is 5.41 Å². The zero-order chi connectivity index (χ0) is 41.4. The van der Waals surface area contributed by atoms with Gasteiger partial charge in [-0.1, -0.05) is 133 Å². The van der Waals surface area contributed by atoms with E-state index in [0.717, 1.165) is 61.9 Å². The lowest BCUT2D eigenvalue weighted by Crippen LogP contribution is -2.36. The minimum absolute atomic E-state index is 0.556. The molecule has 0 amide bonds. The molecule has 0 bridgehead atoms.